The van der Waals surface area contributed by atoms with Gasteiger partial charge < -0.3 is 15.4 Å². The molecule has 2 N–H and O–H groups in total. The van der Waals surface area contributed by atoms with Crippen molar-refractivity contribution in [3.8, 4) is 0 Å². The number of anilines is 1. The number of amides is 1. The molecule has 1 amide bonds. The van der Waals surface area contributed by atoms with Crippen molar-refractivity contribution < 1.29 is 14.3 Å². The van der Waals surface area contributed by atoms with Gasteiger partial charge in [-0.15, -0.1) is 0 Å². The first-order chi connectivity index (χ1) is 9.02. The van der Waals surface area contributed by atoms with Crippen LogP contribution in [0.5, 0.6) is 0 Å². The summed E-state index contributed by atoms with van der Waals surface area (Å²) in [5.41, 5.74) is 1.13. The Morgan fingerprint density at radius 3 is 2.37 bits per heavy atom. The minimum atomic E-state index is -0.346. The van der Waals surface area contributed by atoms with Crippen molar-refractivity contribution in [3.63, 3.8) is 0 Å². The SMILES string of the molecule is CNCC(=O)Nc1ccc(C(=O)OCC(C)C)cc1. The maximum atomic E-state index is 11.7. The Hall–Kier alpha value is -1.88. The first-order valence-electron chi connectivity index (χ1n) is 6.24. The lowest BCUT2D eigenvalue weighted by Crippen LogP contribution is -2.25. The van der Waals surface area contributed by atoms with Gasteiger partial charge in [-0.05, 0) is 37.2 Å². The van der Waals surface area contributed by atoms with Crippen molar-refractivity contribution >= 4 is 17.6 Å². The fraction of sp³-hybridized carbons (Fsp3) is 0.429. The molecular weight excluding hydrogens is 244 g/mol. The second-order valence-corrected chi connectivity index (χ2v) is 4.65. The fourth-order valence-electron chi connectivity index (χ4n) is 1.38. The molecule has 1 rings (SSSR count). The minimum absolute atomic E-state index is 0.127. The monoisotopic (exact) mass is 264 g/mol. The molecule has 0 bridgehead atoms. The van der Waals surface area contributed by atoms with Crippen LogP contribution in [0.2, 0.25) is 0 Å². The predicted molar refractivity (Wildman–Crippen MR) is 74.1 cm³/mol. The van der Waals surface area contributed by atoms with Crippen LogP contribution in [0, 0.1) is 5.92 Å². The number of ether oxygens (including phenoxy) is 1. The Balaban J connectivity index is 2.56. The molecule has 0 aliphatic heterocycles. The van der Waals surface area contributed by atoms with Gasteiger partial charge >= 0.3 is 5.97 Å². The van der Waals surface area contributed by atoms with E-state index in [-0.39, 0.29) is 18.4 Å². The van der Waals surface area contributed by atoms with E-state index in [2.05, 4.69) is 10.6 Å². The smallest absolute Gasteiger partial charge is 0.338 e. The van der Waals surface area contributed by atoms with Crippen LogP contribution in [0.15, 0.2) is 24.3 Å². The van der Waals surface area contributed by atoms with Crippen LogP contribution in [0.1, 0.15) is 24.2 Å². The summed E-state index contributed by atoms with van der Waals surface area (Å²) < 4.78 is 5.11. The summed E-state index contributed by atoms with van der Waals surface area (Å²) in [4.78, 5) is 23.0. The summed E-state index contributed by atoms with van der Waals surface area (Å²) in [6.45, 7) is 4.61. The van der Waals surface area contributed by atoms with Crippen molar-refractivity contribution in [1.29, 1.82) is 0 Å². The van der Waals surface area contributed by atoms with Crippen LogP contribution in [0.4, 0.5) is 5.69 Å². The van der Waals surface area contributed by atoms with Gasteiger partial charge in [0.05, 0.1) is 18.7 Å². The van der Waals surface area contributed by atoms with E-state index in [1.54, 1.807) is 31.3 Å². The molecule has 0 aliphatic rings. The summed E-state index contributed by atoms with van der Waals surface area (Å²) in [6, 6.07) is 6.63. The molecule has 104 valence electrons. The van der Waals surface area contributed by atoms with Gasteiger partial charge in [-0.3, -0.25) is 4.79 Å². The van der Waals surface area contributed by atoms with Crippen molar-refractivity contribution in [3.05, 3.63) is 29.8 Å². The van der Waals surface area contributed by atoms with E-state index in [9.17, 15) is 9.59 Å². The van der Waals surface area contributed by atoms with Gasteiger partial charge in [-0.1, -0.05) is 13.8 Å². The van der Waals surface area contributed by atoms with Gasteiger partial charge in [-0.2, -0.15) is 0 Å². The van der Waals surface area contributed by atoms with E-state index >= 15 is 0 Å². The second-order valence-electron chi connectivity index (χ2n) is 4.65. The topological polar surface area (TPSA) is 67.4 Å². The highest BCUT2D eigenvalue weighted by atomic mass is 16.5. The predicted octanol–water partition coefficient (Wildman–Crippen LogP) is 1.66. The summed E-state index contributed by atoms with van der Waals surface area (Å²) >= 11 is 0. The van der Waals surface area contributed by atoms with E-state index in [0.29, 0.717) is 23.8 Å². The van der Waals surface area contributed by atoms with Gasteiger partial charge in [0.15, 0.2) is 0 Å². The first kappa shape index (κ1) is 15.2. The van der Waals surface area contributed by atoms with Gasteiger partial charge in [0.25, 0.3) is 0 Å². The summed E-state index contributed by atoms with van der Waals surface area (Å²) in [5, 5.41) is 5.46. The Morgan fingerprint density at radius 1 is 1.21 bits per heavy atom. The molecule has 1 aromatic rings. The lowest BCUT2D eigenvalue weighted by atomic mass is 10.2. The van der Waals surface area contributed by atoms with Gasteiger partial charge in [0.2, 0.25) is 5.91 Å². The van der Waals surface area contributed by atoms with E-state index in [1.807, 2.05) is 13.8 Å². The van der Waals surface area contributed by atoms with Gasteiger partial charge in [0.1, 0.15) is 0 Å². The molecule has 0 heterocycles. The molecular formula is C14H20N2O3. The number of hydrogen-bond acceptors (Lipinski definition) is 4. The molecule has 1 aromatic carbocycles. The Morgan fingerprint density at radius 2 is 1.84 bits per heavy atom. The fourth-order valence-corrected chi connectivity index (χ4v) is 1.38. The molecule has 0 saturated carbocycles. The molecule has 0 unspecified atom stereocenters. The third-order valence-electron chi connectivity index (χ3n) is 2.29. The maximum Gasteiger partial charge on any atom is 0.338 e. The van der Waals surface area contributed by atoms with Crippen LogP contribution in [0.25, 0.3) is 0 Å². The highest BCUT2D eigenvalue weighted by Crippen LogP contribution is 2.11. The van der Waals surface area contributed by atoms with E-state index in [1.165, 1.54) is 0 Å². The molecule has 19 heavy (non-hydrogen) atoms. The zero-order valence-corrected chi connectivity index (χ0v) is 11.5. The summed E-state index contributed by atoms with van der Waals surface area (Å²) in [6.07, 6.45) is 0. The van der Waals surface area contributed by atoms with Gasteiger partial charge in [0, 0.05) is 5.69 Å². The number of nitrogens with one attached hydrogen (secondary N) is 2. The number of carbonyl (C=O) groups excluding carboxylic acids is 2. The van der Waals surface area contributed by atoms with Gasteiger partial charge in [-0.25, -0.2) is 4.79 Å². The molecule has 0 saturated heterocycles. The Bertz CT molecular complexity index is 427. The van der Waals surface area contributed by atoms with Crippen LogP contribution >= 0.6 is 0 Å². The summed E-state index contributed by atoms with van der Waals surface area (Å²) in [5.74, 6) is -0.163. The van der Waals surface area contributed by atoms with Crippen molar-refractivity contribution in [1.82, 2.24) is 5.32 Å². The zero-order valence-electron chi connectivity index (χ0n) is 11.5. The molecule has 5 heteroatoms. The molecule has 0 aromatic heterocycles. The number of esters is 1. The minimum Gasteiger partial charge on any atom is -0.462 e. The molecule has 0 fully saturated rings. The highest BCUT2D eigenvalue weighted by Gasteiger charge is 2.08. The largest absolute Gasteiger partial charge is 0.462 e. The average molecular weight is 264 g/mol. The normalized spacial score (nSPS) is 10.3. The number of benzene rings is 1. The zero-order chi connectivity index (χ0) is 14.3. The van der Waals surface area contributed by atoms with E-state index in [4.69, 9.17) is 4.74 Å². The average Bonchev–Trinajstić information content (AvgIpc) is 2.37. The maximum absolute atomic E-state index is 11.7. The third kappa shape index (κ3) is 5.52. The molecule has 0 aliphatic carbocycles. The van der Waals surface area contributed by atoms with E-state index in [0.717, 1.165) is 0 Å². The Kier molecular flexibility index (Phi) is 6.02. The lowest BCUT2D eigenvalue weighted by molar-refractivity contribution is -0.115. The molecule has 0 atom stereocenters. The van der Waals surface area contributed by atoms with Crippen LogP contribution in [0.3, 0.4) is 0 Å². The third-order valence-corrected chi connectivity index (χ3v) is 2.29. The second kappa shape index (κ2) is 7.53. The van der Waals surface area contributed by atoms with Crippen LogP contribution < -0.4 is 10.6 Å². The van der Waals surface area contributed by atoms with Crippen molar-refractivity contribution in [2.45, 2.75) is 13.8 Å². The molecule has 0 spiro atoms. The number of hydrogen-bond donors (Lipinski definition) is 2. The van der Waals surface area contributed by atoms with Crippen molar-refractivity contribution in [2.75, 3.05) is 25.5 Å². The summed E-state index contributed by atoms with van der Waals surface area (Å²) in [7, 11) is 1.70. The Labute approximate surface area is 113 Å². The lowest BCUT2D eigenvalue weighted by Gasteiger charge is -2.08. The van der Waals surface area contributed by atoms with Crippen LogP contribution in [-0.2, 0) is 9.53 Å². The quantitative estimate of drug-likeness (QED) is 0.767. The number of rotatable bonds is 6. The standard InChI is InChI=1S/C14H20N2O3/c1-10(2)9-19-14(18)11-4-6-12(7-5-11)16-13(17)8-15-3/h4-7,10,15H,8-9H2,1-3H3,(H,16,17). The van der Waals surface area contributed by atoms with E-state index < -0.39 is 0 Å². The highest BCUT2D eigenvalue weighted by molar-refractivity contribution is 5.93. The number of likely N-dealkylation sites (N-methyl/N-ethyl adjacent to an activating group) is 1. The van der Waals surface area contributed by atoms with Crippen LogP contribution in [-0.4, -0.2) is 32.1 Å². The number of carbonyl (C=O) groups is 2. The first-order valence-corrected chi connectivity index (χ1v) is 6.24. The molecule has 5 nitrogen and oxygen atoms in total. The van der Waals surface area contributed by atoms with Crippen molar-refractivity contribution in [2.24, 2.45) is 5.92 Å². The molecule has 0 radical (unpaired) electrons.